The number of anilines is 1. The lowest BCUT2D eigenvalue weighted by Crippen LogP contribution is -2.37. The van der Waals surface area contributed by atoms with Gasteiger partial charge >= 0.3 is 0 Å². The zero-order valence-corrected chi connectivity index (χ0v) is 10.7. The number of rotatable bonds is 4. The molecule has 1 fully saturated rings. The number of nitrogens with two attached hydrogens (primary N) is 1. The summed E-state index contributed by atoms with van der Waals surface area (Å²) in [5.41, 5.74) is 6.80. The zero-order valence-electron chi connectivity index (χ0n) is 10.7. The molecule has 5 nitrogen and oxygen atoms in total. The molecule has 0 aliphatic heterocycles. The third-order valence-corrected chi connectivity index (χ3v) is 3.61. The number of carbonyl (C=O) groups is 1. The summed E-state index contributed by atoms with van der Waals surface area (Å²) < 4.78 is 1.66. The molecule has 1 aromatic rings. The van der Waals surface area contributed by atoms with E-state index in [-0.39, 0.29) is 11.9 Å². The van der Waals surface area contributed by atoms with Crippen LogP contribution in [-0.4, -0.2) is 33.7 Å². The lowest BCUT2D eigenvalue weighted by molar-refractivity contribution is 0.0716. The molecular formula is C12H20N4O. The molecule has 0 spiro atoms. The normalized spacial score (nSPS) is 16.9. The summed E-state index contributed by atoms with van der Waals surface area (Å²) in [6, 6.07) is 0.280. The molecule has 2 rings (SSSR count). The summed E-state index contributed by atoms with van der Waals surface area (Å²) in [6.07, 6.45) is 4.00. The quantitative estimate of drug-likeness (QED) is 0.858. The molecule has 5 heteroatoms. The smallest absolute Gasteiger partial charge is 0.274 e. The summed E-state index contributed by atoms with van der Waals surface area (Å²) in [5, 5.41) is 4.10. The second-order valence-corrected chi connectivity index (χ2v) is 4.76. The van der Waals surface area contributed by atoms with Crippen LogP contribution in [-0.2, 0) is 6.54 Å². The van der Waals surface area contributed by atoms with Crippen molar-refractivity contribution in [3.8, 4) is 0 Å². The molecule has 1 atom stereocenters. The first kappa shape index (κ1) is 12.0. The molecule has 0 radical (unpaired) electrons. The van der Waals surface area contributed by atoms with Gasteiger partial charge in [0, 0.05) is 19.6 Å². The number of aromatic nitrogens is 2. The van der Waals surface area contributed by atoms with E-state index in [9.17, 15) is 4.79 Å². The van der Waals surface area contributed by atoms with Gasteiger partial charge in [-0.15, -0.1) is 0 Å². The highest BCUT2D eigenvalue weighted by atomic mass is 16.2. The van der Waals surface area contributed by atoms with E-state index in [1.54, 1.807) is 15.8 Å². The van der Waals surface area contributed by atoms with Crippen LogP contribution in [0.3, 0.4) is 0 Å². The fourth-order valence-corrected chi connectivity index (χ4v) is 2.12. The zero-order chi connectivity index (χ0) is 12.6. The molecule has 0 bridgehead atoms. The van der Waals surface area contributed by atoms with E-state index in [1.165, 1.54) is 12.8 Å². The van der Waals surface area contributed by atoms with Crippen molar-refractivity contribution in [1.82, 2.24) is 14.7 Å². The molecule has 1 saturated carbocycles. The molecular weight excluding hydrogens is 216 g/mol. The van der Waals surface area contributed by atoms with Crippen molar-refractivity contribution in [1.29, 1.82) is 0 Å². The first-order valence-corrected chi connectivity index (χ1v) is 6.14. The van der Waals surface area contributed by atoms with Gasteiger partial charge in [0.2, 0.25) is 0 Å². The van der Waals surface area contributed by atoms with Crippen molar-refractivity contribution in [3.05, 3.63) is 11.9 Å². The molecule has 0 saturated heterocycles. The molecule has 1 heterocycles. The lowest BCUT2D eigenvalue weighted by Gasteiger charge is -2.25. The molecule has 1 aliphatic rings. The molecule has 1 unspecified atom stereocenters. The number of amides is 1. The SMILES string of the molecule is CCn1ncc(N)c1C(=O)N(C)C(C)C1CC1. The molecule has 1 amide bonds. The maximum atomic E-state index is 12.4. The lowest BCUT2D eigenvalue weighted by atomic mass is 10.2. The van der Waals surface area contributed by atoms with Crippen molar-refractivity contribution < 1.29 is 4.79 Å². The van der Waals surface area contributed by atoms with Gasteiger partial charge in [-0.25, -0.2) is 0 Å². The fourth-order valence-electron chi connectivity index (χ4n) is 2.12. The largest absolute Gasteiger partial charge is 0.396 e. The van der Waals surface area contributed by atoms with Crippen LogP contribution in [0.25, 0.3) is 0 Å². The summed E-state index contributed by atoms with van der Waals surface area (Å²) in [4.78, 5) is 14.2. The number of carbonyl (C=O) groups excluding carboxylic acids is 1. The van der Waals surface area contributed by atoms with Gasteiger partial charge in [-0.2, -0.15) is 5.10 Å². The van der Waals surface area contributed by atoms with E-state index in [0.29, 0.717) is 23.8 Å². The van der Waals surface area contributed by atoms with Gasteiger partial charge in [-0.3, -0.25) is 9.48 Å². The molecule has 94 valence electrons. The Balaban J connectivity index is 2.20. The van der Waals surface area contributed by atoms with Gasteiger partial charge < -0.3 is 10.6 Å². The van der Waals surface area contributed by atoms with Crippen LogP contribution in [0, 0.1) is 5.92 Å². The third kappa shape index (κ3) is 2.14. The minimum Gasteiger partial charge on any atom is -0.396 e. The fraction of sp³-hybridized carbons (Fsp3) is 0.667. The first-order valence-electron chi connectivity index (χ1n) is 6.14. The van der Waals surface area contributed by atoms with E-state index in [1.807, 2.05) is 14.0 Å². The van der Waals surface area contributed by atoms with Crippen LogP contribution in [0.1, 0.15) is 37.2 Å². The van der Waals surface area contributed by atoms with Crippen LogP contribution in [0.2, 0.25) is 0 Å². The molecule has 2 N–H and O–H groups in total. The topological polar surface area (TPSA) is 64.2 Å². The summed E-state index contributed by atoms with van der Waals surface area (Å²) in [7, 11) is 1.84. The number of aryl methyl sites for hydroxylation is 1. The van der Waals surface area contributed by atoms with Gasteiger partial charge in [0.25, 0.3) is 5.91 Å². The Hall–Kier alpha value is -1.52. The van der Waals surface area contributed by atoms with Crippen LogP contribution < -0.4 is 5.73 Å². The maximum Gasteiger partial charge on any atom is 0.274 e. The maximum absolute atomic E-state index is 12.4. The van der Waals surface area contributed by atoms with Gasteiger partial charge in [0.1, 0.15) is 5.69 Å². The minimum absolute atomic E-state index is 0.0266. The molecule has 1 aliphatic carbocycles. The summed E-state index contributed by atoms with van der Waals surface area (Å²) in [5.74, 6) is 0.629. The molecule has 0 aromatic carbocycles. The van der Waals surface area contributed by atoms with E-state index < -0.39 is 0 Å². The van der Waals surface area contributed by atoms with Gasteiger partial charge in [-0.1, -0.05) is 0 Å². The number of nitrogens with zero attached hydrogens (tertiary/aromatic N) is 3. The van der Waals surface area contributed by atoms with Crippen molar-refractivity contribution in [3.63, 3.8) is 0 Å². The van der Waals surface area contributed by atoms with E-state index in [4.69, 9.17) is 5.73 Å². The van der Waals surface area contributed by atoms with E-state index in [2.05, 4.69) is 12.0 Å². The molecule has 17 heavy (non-hydrogen) atoms. The van der Waals surface area contributed by atoms with Crippen LogP contribution >= 0.6 is 0 Å². The van der Waals surface area contributed by atoms with Crippen LogP contribution in [0.4, 0.5) is 5.69 Å². The van der Waals surface area contributed by atoms with E-state index >= 15 is 0 Å². The highest BCUT2D eigenvalue weighted by Gasteiger charge is 2.34. The Morgan fingerprint density at radius 2 is 2.35 bits per heavy atom. The van der Waals surface area contributed by atoms with Gasteiger partial charge in [-0.05, 0) is 32.6 Å². The number of hydrogen-bond donors (Lipinski definition) is 1. The third-order valence-electron chi connectivity index (χ3n) is 3.61. The predicted octanol–water partition coefficient (Wildman–Crippen LogP) is 1.36. The minimum atomic E-state index is -0.0266. The van der Waals surface area contributed by atoms with Crippen molar-refractivity contribution in [2.24, 2.45) is 5.92 Å². The Kier molecular flexibility index (Phi) is 3.09. The average Bonchev–Trinajstić information content (AvgIpc) is 3.10. The molecule has 1 aromatic heterocycles. The van der Waals surface area contributed by atoms with Crippen molar-refractivity contribution in [2.45, 2.75) is 39.3 Å². The highest BCUT2D eigenvalue weighted by molar-refractivity contribution is 5.97. The Bertz CT molecular complexity index is 422. The Morgan fingerprint density at radius 3 is 2.88 bits per heavy atom. The number of hydrogen-bond acceptors (Lipinski definition) is 3. The van der Waals surface area contributed by atoms with Crippen LogP contribution in [0.5, 0.6) is 0 Å². The monoisotopic (exact) mass is 236 g/mol. The van der Waals surface area contributed by atoms with Gasteiger partial charge in [0.15, 0.2) is 0 Å². The Labute approximate surface area is 102 Å². The first-order chi connectivity index (χ1) is 8.06. The van der Waals surface area contributed by atoms with E-state index in [0.717, 1.165) is 0 Å². The van der Waals surface area contributed by atoms with Gasteiger partial charge in [0.05, 0.1) is 11.9 Å². The van der Waals surface area contributed by atoms with Crippen LogP contribution in [0.15, 0.2) is 6.20 Å². The standard InChI is InChI=1S/C12H20N4O/c1-4-16-11(10(13)7-14-16)12(17)15(3)8(2)9-5-6-9/h7-9H,4-6,13H2,1-3H3. The van der Waals surface area contributed by atoms with Crippen molar-refractivity contribution >= 4 is 11.6 Å². The van der Waals surface area contributed by atoms with Crippen molar-refractivity contribution in [2.75, 3.05) is 12.8 Å². The average molecular weight is 236 g/mol. The second-order valence-electron chi connectivity index (χ2n) is 4.76. The highest BCUT2D eigenvalue weighted by Crippen LogP contribution is 2.35. The number of nitrogen functional groups attached to an aromatic ring is 1. The predicted molar refractivity (Wildman–Crippen MR) is 66.6 cm³/mol. The summed E-state index contributed by atoms with van der Waals surface area (Å²) in [6.45, 7) is 4.70. The Morgan fingerprint density at radius 1 is 1.71 bits per heavy atom. The second kappa shape index (κ2) is 4.39. The summed E-state index contributed by atoms with van der Waals surface area (Å²) >= 11 is 0.